The molecule has 9 heteroatoms. The van der Waals surface area contributed by atoms with E-state index in [1.807, 2.05) is 46.8 Å². The van der Waals surface area contributed by atoms with Crippen LogP contribution in [0.5, 0.6) is 5.75 Å². The van der Waals surface area contributed by atoms with Gasteiger partial charge in [0.1, 0.15) is 11.4 Å². The predicted molar refractivity (Wildman–Crippen MR) is 140 cm³/mol. The predicted octanol–water partition coefficient (Wildman–Crippen LogP) is 5.69. The summed E-state index contributed by atoms with van der Waals surface area (Å²) in [5, 5.41) is 8.03. The molecule has 1 aliphatic heterocycles. The third-order valence-corrected chi connectivity index (χ3v) is 5.79. The fourth-order valence-electron chi connectivity index (χ4n) is 4.01. The number of hydrogen-bond acceptors (Lipinski definition) is 8. The first-order chi connectivity index (χ1) is 17.1. The second-order valence-electron chi connectivity index (χ2n) is 10.1. The van der Waals surface area contributed by atoms with Crippen molar-refractivity contribution in [1.82, 2.24) is 15.5 Å². The van der Waals surface area contributed by atoms with Crippen LogP contribution in [0.25, 0.3) is 11.5 Å². The number of anilines is 2. The minimum atomic E-state index is -0.456. The largest absolute Gasteiger partial charge is 0.489 e. The van der Waals surface area contributed by atoms with Gasteiger partial charge in [0, 0.05) is 30.9 Å². The molecular weight excluding hydrogens is 480 g/mol. The van der Waals surface area contributed by atoms with Crippen molar-refractivity contribution in [1.29, 1.82) is 0 Å². The smallest absolute Gasteiger partial charge is 0.307 e. The quantitative estimate of drug-likeness (QED) is 0.289. The number of halogens is 1. The standard InChI is InChI=1S/C27H33ClN4O4/c1-17(2)34-23-9-7-20(15-21(23)28)25-30-26(31-36-25)32-13-11-19-14-18(6-8-22(19)32)16-29-12-10-24(33)35-27(3,4)5/h6-9,14-15,17,29H,10-13,16H2,1-5H3. The fourth-order valence-corrected chi connectivity index (χ4v) is 4.24. The van der Waals surface area contributed by atoms with Crippen LogP contribution in [-0.2, 0) is 22.5 Å². The van der Waals surface area contributed by atoms with E-state index < -0.39 is 5.60 Å². The summed E-state index contributed by atoms with van der Waals surface area (Å²) in [6.07, 6.45) is 1.26. The van der Waals surface area contributed by atoms with Gasteiger partial charge in [0.05, 0.1) is 17.5 Å². The molecule has 8 nitrogen and oxygen atoms in total. The van der Waals surface area contributed by atoms with E-state index in [0.717, 1.165) is 29.8 Å². The van der Waals surface area contributed by atoms with Gasteiger partial charge < -0.3 is 24.2 Å². The van der Waals surface area contributed by atoms with Crippen LogP contribution in [0.3, 0.4) is 0 Å². The summed E-state index contributed by atoms with van der Waals surface area (Å²) >= 11 is 6.37. The van der Waals surface area contributed by atoms with Crippen LogP contribution >= 0.6 is 11.6 Å². The van der Waals surface area contributed by atoms with Crippen molar-refractivity contribution >= 4 is 29.2 Å². The van der Waals surface area contributed by atoms with Crippen LogP contribution in [0.1, 0.15) is 52.2 Å². The molecule has 0 saturated carbocycles. The summed E-state index contributed by atoms with van der Waals surface area (Å²) in [4.78, 5) is 18.5. The van der Waals surface area contributed by atoms with Gasteiger partial charge in [-0.25, -0.2) is 0 Å². The molecule has 0 unspecified atom stereocenters. The molecule has 2 heterocycles. The van der Waals surface area contributed by atoms with Crippen LogP contribution in [0.4, 0.5) is 11.6 Å². The SMILES string of the molecule is CC(C)Oc1ccc(-c2nc(N3CCc4cc(CNCCC(=O)OC(C)(C)C)ccc43)no2)cc1Cl. The number of hydrogen-bond donors (Lipinski definition) is 1. The second kappa shape index (κ2) is 10.9. The Morgan fingerprint density at radius 2 is 2.03 bits per heavy atom. The average molecular weight is 513 g/mol. The van der Waals surface area contributed by atoms with Crippen molar-refractivity contribution in [3.63, 3.8) is 0 Å². The van der Waals surface area contributed by atoms with Crippen molar-refractivity contribution in [2.24, 2.45) is 0 Å². The molecule has 0 saturated heterocycles. The van der Waals surface area contributed by atoms with Gasteiger partial charge in [-0.05, 0) is 81.6 Å². The Balaban J connectivity index is 1.36. The summed E-state index contributed by atoms with van der Waals surface area (Å²) in [6.45, 7) is 11.5. The maximum atomic E-state index is 11.9. The van der Waals surface area contributed by atoms with Crippen LogP contribution in [0, 0.1) is 0 Å². The van der Waals surface area contributed by atoms with Gasteiger partial charge >= 0.3 is 5.97 Å². The number of carbonyl (C=O) groups excluding carboxylic acids is 1. The first-order valence-electron chi connectivity index (χ1n) is 12.2. The molecular formula is C27H33ClN4O4. The molecule has 1 aliphatic rings. The lowest BCUT2D eigenvalue weighted by molar-refractivity contribution is -0.154. The first-order valence-corrected chi connectivity index (χ1v) is 12.6. The van der Waals surface area contributed by atoms with E-state index in [9.17, 15) is 4.79 Å². The number of nitrogens with zero attached hydrogens (tertiary/aromatic N) is 3. The van der Waals surface area contributed by atoms with Crippen molar-refractivity contribution < 1.29 is 18.8 Å². The van der Waals surface area contributed by atoms with E-state index >= 15 is 0 Å². The van der Waals surface area contributed by atoms with E-state index in [4.69, 9.17) is 25.6 Å². The molecule has 4 rings (SSSR count). The van der Waals surface area contributed by atoms with Crippen molar-refractivity contribution in [2.75, 3.05) is 18.0 Å². The maximum Gasteiger partial charge on any atom is 0.307 e. The summed E-state index contributed by atoms with van der Waals surface area (Å²) in [5.74, 6) is 1.35. The molecule has 1 N–H and O–H groups in total. The number of ether oxygens (including phenoxy) is 2. The molecule has 2 aromatic carbocycles. The summed E-state index contributed by atoms with van der Waals surface area (Å²) in [7, 11) is 0. The van der Waals surface area contributed by atoms with Gasteiger partial charge in [-0.15, -0.1) is 0 Å². The summed E-state index contributed by atoms with van der Waals surface area (Å²) < 4.78 is 16.6. The molecule has 0 amide bonds. The molecule has 0 aliphatic carbocycles. The van der Waals surface area contributed by atoms with Gasteiger partial charge in [-0.1, -0.05) is 23.7 Å². The number of benzene rings is 2. The Morgan fingerprint density at radius 1 is 1.22 bits per heavy atom. The number of carbonyl (C=O) groups is 1. The van der Waals surface area contributed by atoms with Crippen LogP contribution in [-0.4, -0.2) is 40.9 Å². The Morgan fingerprint density at radius 3 is 2.75 bits per heavy atom. The van der Waals surface area contributed by atoms with Crippen molar-refractivity contribution in [3.8, 4) is 17.2 Å². The lowest BCUT2D eigenvalue weighted by Crippen LogP contribution is -2.26. The highest BCUT2D eigenvalue weighted by atomic mass is 35.5. The van der Waals surface area contributed by atoms with Crippen molar-refractivity contribution in [3.05, 3.63) is 52.5 Å². The molecule has 0 fully saturated rings. The van der Waals surface area contributed by atoms with Crippen LogP contribution in [0.15, 0.2) is 40.9 Å². The molecule has 1 aromatic heterocycles. The van der Waals surface area contributed by atoms with Crippen LogP contribution in [0.2, 0.25) is 5.02 Å². The topological polar surface area (TPSA) is 89.7 Å². The first kappa shape index (κ1) is 26.0. The average Bonchev–Trinajstić information content (AvgIpc) is 3.43. The third kappa shape index (κ3) is 6.56. The Labute approximate surface area is 216 Å². The highest BCUT2D eigenvalue weighted by molar-refractivity contribution is 6.32. The third-order valence-electron chi connectivity index (χ3n) is 5.49. The summed E-state index contributed by atoms with van der Waals surface area (Å²) in [6, 6.07) is 11.8. The van der Waals surface area contributed by atoms with Gasteiger partial charge in [0.15, 0.2) is 0 Å². The molecule has 0 bridgehead atoms. The fraction of sp³-hybridized carbons (Fsp3) is 0.444. The van der Waals surface area contributed by atoms with E-state index in [-0.39, 0.29) is 12.1 Å². The highest BCUT2D eigenvalue weighted by Crippen LogP contribution is 2.35. The van der Waals surface area contributed by atoms with E-state index in [2.05, 4.69) is 38.6 Å². The number of esters is 1. The number of rotatable bonds is 9. The maximum absolute atomic E-state index is 11.9. The minimum Gasteiger partial charge on any atom is -0.489 e. The molecule has 192 valence electrons. The zero-order chi connectivity index (χ0) is 25.9. The Kier molecular flexibility index (Phi) is 7.85. The molecule has 36 heavy (non-hydrogen) atoms. The van der Waals surface area contributed by atoms with E-state index in [0.29, 0.717) is 42.1 Å². The molecule has 0 spiro atoms. The highest BCUT2D eigenvalue weighted by Gasteiger charge is 2.25. The zero-order valence-corrected chi connectivity index (χ0v) is 22.2. The van der Waals surface area contributed by atoms with Crippen molar-refractivity contribution in [2.45, 2.75) is 65.7 Å². The van der Waals surface area contributed by atoms with Crippen LogP contribution < -0.4 is 15.0 Å². The number of aromatic nitrogens is 2. The molecule has 0 radical (unpaired) electrons. The number of fused-ring (bicyclic) bond motifs is 1. The Bertz CT molecular complexity index is 1220. The zero-order valence-electron chi connectivity index (χ0n) is 21.4. The second-order valence-corrected chi connectivity index (χ2v) is 10.5. The van der Waals surface area contributed by atoms with Gasteiger partial charge in [-0.3, -0.25) is 4.79 Å². The normalized spacial score (nSPS) is 13.2. The van der Waals surface area contributed by atoms with Gasteiger partial charge in [0.2, 0.25) is 0 Å². The van der Waals surface area contributed by atoms with Gasteiger partial charge in [0.25, 0.3) is 11.8 Å². The van der Waals surface area contributed by atoms with Gasteiger partial charge in [-0.2, -0.15) is 4.98 Å². The Hall–Kier alpha value is -3.10. The minimum absolute atomic E-state index is 0.0344. The van der Waals surface area contributed by atoms with E-state index in [1.54, 1.807) is 6.07 Å². The van der Waals surface area contributed by atoms with E-state index in [1.165, 1.54) is 5.56 Å². The summed E-state index contributed by atoms with van der Waals surface area (Å²) in [5.41, 5.74) is 3.74. The lowest BCUT2D eigenvalue weighted by atomic mass is 10.1. The molecule has 0 atom stereocenters. The number of nitrogens with one attached hydrogen (secondary N) is 1. The molecule has 3 aromatic rings. The lowest BCUT2D eigenvalue weighted by Gasteiger charge is -2.19. The monoisotopic (exact) mass is 512 g/mol.